The van der Waals surface area contributed by atoms with Gasteiger partial charge in [-0.25, -0.2) is 0 Å². The molecule has 2 nitrogen and oxygen atoms in total. The molecule has 0 amide bonds. The largest absolute Gasteiger partial charge is 0.497 e. The summed E-state index contributed by atoms with van der Waals surface area (Å²) in [5, 5.41) is 5.83. The van der Waals surface area contributed by atoms with Crippen LogP contribution in [0.2, 0.25) is 0 Å². The number of benzene rings is 2. The van der Waals surface area contributed by atoms with Crippen LogP contribution in [0.15, 0.2) is 36.4 Å². The summed E-state index contributed by atoms with van der Waals surface area (Å²) in [5.74, 6) is 1.61. The summed E-state index contributed by atoms with van der Waals surface area (Å²) in [5.41, 5.74) is 1.29. The van der Waals surface area contributed by atoms with Crippen molar-refractivity contribution in [3.63, 3.8) is 0 Å². The standard InChI is InChI=1S/C15H18ClNO/c1-18-15-6-5-13-9-12(3-4-14(13)10-15)11-17-8-2-7-16/h3-6,9-10,17H,2,7-8,11H2,1H3. The average Bonchev–Trinajstić information content (AvgIpc) is 2.43. The highest BCUT2D eigenvalue weighted by molar-refractivity contribution is 6.17. The predicted molar refractivity (Wildman–Crippen MR) is 77.5 cm³/mol. The van der Waals surface area contributed by atoms with Crippen LogP contribution in [0.5, 0.6) is 5.75 Å². The Morgan fingerprint density at radius 1 is 1.11 bits per heavy atom. The number of alkyl halides is 1. The first kappa shape index (κ1) is 13.2. The molecule has 0 unspecified atom stereocenters. The Balaban J connectivity index is 2.08. The summed E-state index contributed by atoms with van der Waals surface area (Å²) in [7, 11) is 1.69. The summed E-state index contributed by atoms with van der Waals surface area (Å²) < 4.78 is 5.22. The van der Waals surface area contributed by atoms with Crippen molar-refractivity contribution in [3.8, 4) is 5.75 Å². The van der Waals surface area contributed by atoms with E-state index in [9.17, 15) is 0 Å². The molecule has 0 atom stereocenters. The number of nitrogens with one attached hydrogen (secondary N) is 1. The van der Waals surface area contributed by atoms with E-state index in [1.54, 1.807) is 7.11 Å². The molecule has 0 aliphatic heterocycles. The van der Waals surface area contributed by atoms with Crippen LogP contribution in [0, 0.1) is 0 Å². The van der Waals surface area contributed by atoms with Gasteiger partial charge in [-0.2, -0.15) is 0 Å². The zero-order valence-corrected chi connectivity index (χ0v) is 11.3. The van der Waals surface area contributed by atoms with E-state index in [1.165, 1.54) is 16.3 Å². The van der Waals surface area contributed by atoms with Crippen molar-refractivity contribution in [1.82, 2.24) is 5.32 Å². The van der Waals surface area contributed by atoms with E-state index in [0.717, 1.165) is 25.3 Å². The van der Waals surface area contributed by atoms with Crippen molar-refractivity contribution in [1.29, 1.82) is 0 Å². The smallest absolute Gasteiger partial charge is 0.119 e. The van der Waals surface area contributed by atoms with Crippen molar-refractivity contribution in [2.45, 2.75) is 13.0 Å². The lowest BCUT2D eigenvalue weighted by Gasteiger charge is -2.07. The highest BCUT2D eigenvalue weighted by atomic mass is 35.5. The predicted octanol–water partition coefficient (Wildman–Crippen LogP) is 3.57. The molecule has 0 fully saturated rings. The first-order valence-corrected chi connectivity index (χ1v) is 6.70. The first-order chi connectivity index (χ1) is 8.83. The van der Waals surface area contributed by atoms with Crippen LogP contribution in [-0.2, 0) is 6.54 Å². The van der Waals surface area contributed by atoms with Crippen LogP contribution in [0.1, 0.15) is 12.0 Å². The summed E-state index contributed by atoms with van der Waals surface area (Å²) in [6.45, 7) is 1.85. The van der Waals surface area contributed by atoms with Crippen LogP contribution < -0.4 is 10.1 Å². The van der Waals surface area contributed by atoms with Gasteiger partial charge in [0.1, 0.15) is 5.75 Å². The molecule has 0 aromatic heterocycles. The number of halogens is 1. The van der Waals surface area contributed by atoms with Gasteiger partial charge in [0.15, 0.2) is 0 Å². The van der Waals surface area contributed by atoms with E-state index in [0.29, 0.717) is 5.88 Å². The molecule has 0 saturated heterocycles. The average molecular weight is 264 g/mol. The van der Waals surface area contributed by atoms with Gasteiger partial charge in [0.2, 0.25) is 0 Å². The molecule has 0 heterocycles. The number of fused-ring (bicyclic) bond motifs is 1. The Kier molecular flexibility index (Phi) is 4.85. The second kappa shape index (κ2) is 6.62. The molecule has 2 aromatic rings. The normalized spacial score (nSPS) is 10.8. The van der Waals surface area contributed by atoms with Crippen LogP contribution in [0.4, 0.5) is 0 Å². The third-order valence-corrected chi connectivity index (χ3v) is 3.20. The molecule has 0 aliphatic rings. The lowest BCUT2D eigenvalue weighted by atomic mass is 10.1. The van der Waals surface area contributed by atoms with Crippen LogP contribution >= 0.6 is 11.6 Å². The fraction of sp³-hybridized carbons (Fsp3) is 0.333. The van der Waals surface area contributed by atoms with E-state index >= 15 is 0 Å². The SMILES string of the molecule is COc1ccc2cc(CNCCCCl)ccc2c1. The Hall–Kier alpha value is -1.25. The van der Waals surface area contributed by atoms with Gasteiger partial charge in [-0.05, 0) is 47.5 Å². The minimum atomic E-state index is 0.713. The number of hydrogen-bond donors (Lipinski definition) is 1. The maximum Gasteiger partial charge on any atom is 0.119 e. The second-order valence-electron chi connectivity index (χ2n) is 4.27. The van der Waals surface area contributed by atoms with Crippen molar-refractivity contribution < 1.29 is 4.74 Å². The molecule has 0 radical (unpaired) electrons. The molecule has 1 N–H and O–H groups in total. The molecular weight excluding hydrogens is 246 g/mol. The Morgan fingerprint density at radius 3 is 2.67 bits per heavy atom. The minimum absolute atomic E-state index is 0.713. The van der Waals surface area contributed by atoms with Crippen molar-refractivity contribution in [2.24, 2.45) is 0 Å². The number of hydrogen-bond acceptors (Lipinski definition) is 2. The summed E-state index contributed by atoms with van der Waals surface area (Å²) >= 11 is 5.64. The van der Waals surface area contributed by atoms with Gasteiger partial charge in [0, 0.05) is 12.4 Å². The molecule has 0 saturated carbocycles. The maximum absolute atomic E-state index is 5.64. The summed E-state index contributed by atoms with van der Waals surface area (Å²) in [6.07, 6.45) is 1.01. The van der Waals surface area contributed by atoms with Crippen molar-refractivity contribution in [3.05, 3.63) is 42.0 Å². The summed E-state index contributed by atoms with van der Waals surface area (Å²) in [4.78, 5) is 0. The topological polar surface area (TPSA) is 21.3 Å². The van der Waals surface area contributed by atoms with Gasteiger partial charge < -0.3 is 10.1 Å². The lowest BCUT2D eigenvalue weighted by molar-refractivity contribution is 0.415. The minimum Gasteiger partial charge on any atom is -0.497 e. The molecule has 0 bridgehead atoms. The van der Waals surface area contributed by atoms with E-state index in [2.05, 4.69) is 35.6 Å². The second-order valence-corrected chi connectivity index (χ2v) is 4.64. The first-order valence-electron chi connectivity index (χ1n) is 6.17. The van der Waals surface area contributed by atoms with Gasteiger partial charge >= 0.3 is 0 Å². The molecular formula is C15H18ClNO. The third kappa shape index (κ3) is 3.37. The summed E-state index contributed by atoms with van der Waals surface area (Å²) in [6, 6.07) is 12.6. The Morgan fingerprint density at radius 2 is 1.89 bits per heavy atom. The molecule has 18 heavy (non-hydrogen) atoms. The monoisotopic (exact) mass is 263 g/mol. The van der Waals surface area contributed by atoms with Gasteiger partial charge in [-0.15, -0.1) is 11.6 Å². The zero-order valence-electron chi connectivity index (χ0n) is 10.6. The molecule has 0 aliphatic carbocycles. The lowest BCUT2D eigenvalue weighted by Crippen LogP contribution is -2.14. The van der Waals surface area contributed by atoms with Crippen molar-refractivity contribution >= 4 is 22.4 Å². The number of methoxy groups -OCH3 is 1. The fourth-order valence-corrected chi connectivity index (χ4v) is 2.07. The number of ether oxygens (including phenoxy) is 1. The molecule has 96 valence electrons. The fourth-order valence-electron chi connectivity index (χ4n) is 1.93. The van der Waals surface area contributed by atoms with Gasteiger partial charge in [-0.1, -0.05) is 18.2 Å². The van der Waals surface area contributed by atoms with E-state index in [-0.39, 0.29) is 0 Å². The Labute approximate surface area is 113 Å². The molecule has 3 heteroatoms. The zero-order chi connectivity index (χ0) is 12.8. The molecule has 2 aromatic carbocycles. The van der Waals surface area contributed by atoms with E-state index < -0.39 is 0 Å². The molecule has 2 rings (SSSR count). The molecule has 0 spiro atoms. The van der Waals surface area contributed by atoms with Gasteiger partial charge in [0.05, 0.1) is 7.11 Å². The Bertz CT molecular complexity index is 513. The maximum atomic E-state index is 5.64. The highest BCUT2D eigenvalue weighted by Gasteiger charge is 1.98. The van der Waals surface area contributed by atoms with E-state index in [4.69, 9.17) is 16.3 Å². The van der Waals surface area contributed by atoms with E-state index in [1.807, 2.05) is 6.07 Å². The number of rotatable bonds is 6. The van der Waals surface area contributed by atoms with Crippen molar-refractivity contribution in [2.75, 3.05) is 19.5 Å². The van der Waals surface area contributed by atoms with Gasteiger partial charge in [0.25, 0.3) is 0 Å². The van der Waals surface area contributed by atoms with Crippen LogP contribution in [-0.4, -0.2) is 19.5 Å². The quantitative estimate of drug-likeness (QED) is 0.636. The third-order valence-electron chi connectivity index (χ3n) is 2.93. The van der Waals surface area contributed by atoms with Crippen LogP contribution in [0.25, 0.3) is 10.8 Å². The highest BCUT2D eigenvalue weighted by Crippen LogP contribution is 2.21. The van der Waals surface area contributed by atoms with Crippen LogP contribution in [0.3, 0.4) is 0 Å². The van der Waals surface area contributed by atoms with Gasteiger partial charge in [-0.3, -0.25) is 0 Å².